The van der Waals surface area contributed by atoms with Gasteiger partial charge in [0.25, 0.3) is 0 Å². The summed E-state index contributed by atoms with van der Waals surface area (Å²) >= 11 is 0. The second-order valence-electron chi connectivity index (χ2n) is 5.16. The molecular formula is C11H4F13N4+. The van der Waals surface area contributed by atoms with Gasteiger partial charge in [0.15, 0.2) is 5.69 Å². The molecule has 1 heterocycles. The lowest BCUT2D eigenvalue weighted by atomic mass is 9.92. The summed E-state index contributed by atoms with van der Waals surface area (Å²) in [6, 6.07) is -0.196. The molecule has 0 saturated heterocycles. The van der Waals surface area contributed by atoms with Crippen LogP contribution in [0.4, 0.5) is 63.0 Å². The van der Waals surface area contributed by atoms with Gasteiger partial charge in [-0.25, -0.2) is 0 Å². The van der Waals surface area contributed by atoms with Crippen molar-refractivity contribution in [2.24, 2.45) is 0 Å². The van der Waals surface area contributed by atoms with E-state index in [0.29, 0.717) is 0 Å². The second kappa shape index (κ2) is 6.30. The van der Waals surface area contributed by atoms with E-state index in [9.17, 15) is 57.1 Å². The molecule has 0 unspecified atom stereocenters. The van der Waals surface area contributed by atoms with Gasteiger partial charge in [0.1, 0.15) is 5.69 Å². The highest BCUT2D eigenvalue weighted by atomic mass is 19.4. The first-order chi connectivity index (χ1) is 12.2. The SMILES string of the molecule is Cc1cc(C(F)(F)C(F)(F)C(F)(F)C(F)(F)C(F)(F)C(F)(F)F)nc([N+]#N)n1. The molecular weight excluding hydrogens is 435 g/mol. The van der Waals surface area contributed by atoms with Gasteiger partial charge in [-0.2, -0.15) is 57.1 Å². The van der Waals surface area contributed by atoms with E-state index in [0.717, 1.165) is 6.92 Å². The Hall–Kier alpha value is -2.41. The van der Waals surface area contributed by atoms with Crippen LogP contribution in [0.3, 0.4) is 0 Å². The average molecular weight is 439 g/mol. The number of aromatic nitrogens is 2. The van der Waals surface area contributed by atoms with Crippen molar-refractivity contribution in [1.82, 2.24) is 9.97 Å². The van der Waals surface area contributed by atoms with Gasteiger partial charge in [-0.15, -0.1) is 0 Å². The molecule has 0 atom stereocenters. The maximum Gasteiger partial charge on any atom is 0.562 e. The van der Waals surface area contributed by atoms with Crippen molar-refractivity contribution in [3.63, 3.8) is 0 Å². The average Bonchev–Trinajstić information content (AvgIpc) is 2.52. The van der Waals surface area contributed by atoms with Crippen LogP contribution in [-0.4, -0.2) is 39.8 Å². The fourth-order valence-corrected chi connectivity index (χ4v) is 1.69. The van der Waals surface area contributed by atoms with Crippen molar-refractivity contribution in [2.45, 2.75) is 42.7 Å². The summed E-state index contributed by atoms with van der Waals surface area (Å²) in [6.45, 7) is 0.735. The summed E-state index contributed by atoms with van der Waals surface area (Å²) in [5, 5.41) is 8.32. The molecule has 0 radical (unpaired) electrons. The summed E-state index contributed by atoms with van der Waals surface area (Å²) in [5.74, 6) is -39.2. The predicted molar refractivity (Wildman–Crippen MR) is 61.3 cm³/mol. The number of halogens is 13. The minimum absolute atomic E-state index is 0.196. The molecule has 0 aliphatic rings. The molecule has 158 valence electrons. The summed E-state index contributed by atoms with van der Waals surface area (Å²) in [5.41, 5.74) is -3.27. The zero-order valence-corrected chi connectivity index (χ0v) is 12.8. The fraction of sp³-hybridized carbons (Fsp3) is 0.636. The highest BCUT2D eigenvalue weighted by molar-refractivity contribution is 5.31. The zero-order chi connectivity index (χ0) is 22.6. The van der Waals surface area contributed by atoms with E-state index in [1.807, 2.05) is 0 Å². The Balaban J connectivity index is 3.67. The Bertz CT molecular complexity index is 793. The zero-order valence-electron chi connectivity index (χ0n) is 12.8. The van der Waals surface area contributed by atoms with Crippen molar-refractivity contribution in [1.29, 1.82) is 5.39 Å². The van der Waals surface area contributed by atoms with Crippen LogP contribution in [0.5, 0.6) is 0 Å². The van der Waals surface area contributed by atoms with E-state index in [2.05, 4.69) is 14.9 Å². The smallest absolute Gasteiger partial charge is 0.192 e. The highest BCUT2D eigenvalue weighted by Gasteiger charge is 2.91. The van der Waals surface area contributed by atoms with Gasteiger partial charge in [0.05, 0.1) is 5.39 Å². The van der Waals surface area contributed by atoms with Gasteiger partial charge in [-0.1, -0.05) is 4.98 Å². The number of hydrogen-bond donors (Lipinski definition) is 0. The lowest BCUT2D eigenvalue weighted by molar-refractivity contribution is -0.442. The van der Waals surface area contributed by atoms with Gasteiger partial charge in [0, 0.05) is 6.07 Å². The number of hydrogen-bond acceptors (Lipinski definition) is 3. The summed E-state index contributed by atoms with van der Waals surface area (Å²) in [7, 11) is 0. The lowest BCUT2D eigenvalue weighted by Crippen LogP contribution is -2.69. The van der Waals surface area contributed by atoms with E-state index < -0.39 is 53.1 Å². The minimum Gasteiger partial charge on any atom is -0.192 e. The van der Waals surface area contributed by atoms with Crippen molar-refractivity contribution in [2.75, 3.05) is 0 Å². The van der Waals surface area contributed by atoms with Crippen molar-refractivity contribution in [3.05, 3.63) is 22.4 Å². The molecule has 0 spiro atoms. The fourth-order valence-electron chi connectivity index (χ4n) is 1.69. The Labute approximate surface area is 145 Å². The first kappa shape index (κ1) is 23.6. The predicted octanol–water partition coefficient (Wildman–Crippen LogP) is 5.46. The highest BCUT2D eigenvalue weighted by Crippen LogP contribution is 2.61. The Morgan fingerprint density at radius 1 is 0.714 bits per heavy atom. The van der Waals surface area contributed by atoms with Gasteiger partial charge in [0.2, 0.25) is 0 Å². The number of diazo groups is 1. The summed E-state index contributed by atoms with van der Waals surface area (Å²) < 4.78 is 169. The van der Waals surface area contributed by atoms with Crippen LogP contribution in [0, 0.1) is 12.3 Å². The quantitative estimate of drug-likeness (QED) is 0.452. The van der Waals surface area contributed by atoms with Gasteiger partial charge < -0.3 is 0 Å². The van der Waals surface area contributed by atoms with Crippen LogP contribution >= 0.6 is 0 Å². The Morgan fingerprint density at radius 2 is 1.14 bits per heavy atom. The summed E-state index contributed by atoms with van der Waals surface area (Å²) in [4.78, 5) is 7.44. The standard InChI is InChI=1S/C11H4F13N4/c1-3-2-4(27-5(26-3)28-25)6(12,13)7(14,15)8(16,17)9(18,19)10(20,21)11(22,23)24/h2H,1H3/q+1. The Morgan fingerprint density at radius 3 is 1.54 bits per heavy atom. The number of nitrogens with zero attached hydrogens (tertiary/aromatic N) is 4. The van der Waals surface area contributed by atoms with E-state index in [1.165, 1.54) is 0 Å². The van der Waals surface area contributed by atoms with Crippen molar-refractivity contribution < 1.29 is 57.1 Å². The normalized spacial score (nSPS) is 14.8. The number of rotatable bonds is 5. The lowest BCUT2D eigenvalue weighted by Gasteiger charge is -2.39. The molecule has 0 aromatic carbocycles. The molecule has 0 aliphatic heterocycles. The molecule has 4 nitrogen and oxygen atoms in total. The molecule has 1 aromatic heterocycles. The van der Waals surface area contributed by atoms with Crippen molar-refractivity contribution in [3.8, 4) is 0 Å². The van der Waals surface area contributed by atoms with E-state index in [4.69, 9.17) is 5.39 Å². The van der Waals surface area contributed by atoms with E-state index >= 15 is 0 Å². The van der Waals surface area contributed by atoms with Crippen LogP contribution in [0.15, 0.2) is 6.07 Å². The van der Waals surface area contributed by atoms with Crippen molar-refractivity contribution >= 4 is 5.95 Å². The van der Waals surface area contributed by atoms with Gasteiger partial charge >= 0.3 is 41.7 Å². The van der Waals surface area contributed by atoms with Crippen LogP contribution in [0.25, 0.3) is 4.98 Å². The molecule has 0 N–H and O–H groups in total. The first-order valence-electron chi connectivity index (χ1n) is 6.35. The number of alkyl halides is 13. The molecule has 0 aliphatic carbocycles. The van der Waals surface area contributed by atoms with Crippen LogP contribution < -0.4 is 0 Å². The molecule has 28 heavy (non-hydrogen) atoms. The first-order valence-corrected chi connectivity index (χ1v) is 6.35. The van der Waals surface area contributed by atoms with Crippen LogP contribution in [-0.2, 0) is 5.92 Å². The monoisotopic (exact) mass is 439 g/mol. The molecule has 0 bridgehead atoms. The van der Waals surface area contributed by atoms with Gasteiger partial charge in [-0.3, -0.25) is 0 Å². The molecule has 0 saturated carbocycles. The molecule has 0 amide bonds. The minimum atomic E-state index is -8.00. The number of aryl methyl sites for hydroxylation is 1. The van der Waals surface area contributed by atoms with Crippen LogP contribution in [0.1, 0.15) is 11.4 Å². The third kappa shape index (κ3) is 3.07. The third-order valence-electron chi connectivity index (χ3n) is 3.19. The topological polar surface area (TPSA) is 53.9 Å². The van der Waals surface area contributed by atoms with Crippen LogP contribution in [0.2, 0.25) is 0 Å². The molecule has 1 aromatic rings. The van der Waals surface area contributed by atoms with E-state index in [-0.39, 0.29) is 6.07 Å². The third-order valence-corrected chi connectivity index (χ3v) is 3.19. The molecule has 1 rings (SSSR count). The maximum absolute atomic E-state index is 13.8. The second-order valence-corrected chi connectivity index (χ2v) is 5.16. The largest absolute Gasteiger partial charge is 0.562 e. The van der Waals surface area contributed by atoms with Gasteiger partial charge in [-0.05, 0) is 16.9 Å². The van der Waals surface area contributed by atoms with E-state index in [1.54, 1.807) is 0 Å². The summed E-state index contributed by atoms with van der Waals surface area (Å²) in [6.07, 6.45) is -7.49. The maximum atomic E-state index is 13.8. The Kier molecular flexibility index (Phi) is 5.32. The molecule has 0 fully saturated rings. The molecule has 17 heteroatoms.